The predicted molar refractivity (Wildman–Crippen MR) is 97.0 cm³/mol. The van der Waals surface area contributed by atoms with Crippen molar-refractivity contribution in [2.45, 2.75) is 43.9 Å². The number of aromatic nitrogens is 1. The van der Waals surface area contributed by atoms with Crippen molar-refractivity contribution in [2.75, 3.05) is 4.72 Å². The number of nitrogens with one attached hydrogen (secondary N) is 1. The molecule has 2 rings (SSSR count). The lowest BCUT2D eigenvalue weighted by Crippen LogP contribution is -2.14. The summed E-state index contributed by atoms with van der Waals surface area (Å²) in [6.45, 7) is 2.17. The Kier molecular flexibility index (Phi) is 6.74. The first-order chi connectivity index (χ1) is 11.4. The third-order valence-corrected chi connectivity index (χ3v) is 5.55. The van der Waals surface area contributed by atoms with Crippen LogP contribution in [0, 0.1) is 5.82 Å². The van der Waals surface area contributed by atoms with Gasteiger partial charge in [-0.05, 0) is 52.5 Å². The van der Waals surface area contributed by atoms with Crippen LogP contribution in [-0.4, -0.2) is 13.4 Å². The van der Waals surface area contributed by atoms with E-state index in [4.69, 9.17) is 0 Å². The van der Waals surface area contributed by atoms with Crippen LogP contribution in [0.15, 0.2) is 45.9 Å². The zero-order valence-corrected chi connectivity index (χ0v) is 15.8. The van der Waals surface area contributed by atoms with Crippen molar-refractivity contribution >= 4 is 31.8 Å². The van der Waals surface area contributed by atoms with Gasteiger partial charge in [0.25, 0.3) is 10.0 Å². The molecule has 24 heavy (non-hydrogen) atoms. The maximum absolute atomic E-state index is 13.0. The highest BCUT2D eigenvalue weighted by Crippen LogP contribution is 2.23. The first-order valence-electron chi connectivity index (χ1n) is 7.85. The molecule has 0 aliphatic heterocycles. The van der Waals surface area contributed by atoms with E-state index in [2.05, 4.69) is 32.6 Å². The maximum atomic E-state index is 13.0. The average Bonchev–Trinajstić information content (AvgIpc) is 2.55. The van der Waals surface area contributed by atoms with Crippen LogP contribution >= 0.6 is 15.9 Å². The molecule has 0 fully saturated rings. The van der Waals surface area contributed by atoms with E-state index >= 15 is 0 Å². The van der Waals surface area contributed by atoms with Gasteiger partial charge in [0.1, 0.15) is 5.82 Å². The fourth-order valence-corrected chi connectivity index (χ4v) is 3.85. The van der Waals surface area contributed by atoms with E-state index in [1.807, 2.05) is 12.1 Å². The topological polar surface area (TPSA) is 59.1 Å². The van der Waals surface area contributed by atoms with Crippen molar-refractivity contribution in [3.05, 3.63) is 52.4 Å². The molecule has 1 aromatic carbocycles. The number of anilines is 1. The molecule has 0 saturated carbocycles. The molecule has 0 amide bonds. The van der Waals surface area contributed by atoms with Crippen molar-refractivity contribution in [3.63, 3.8) is 0 Å². The summed E-state index contributed by atoms with van der Waals surface area (Å²) in [6, 6.07) is 7.97. The lowest BCUT2D eigenvalue weighted by Gasteiger charge is -2.09. The normalized spacial score (nSPS) is 11.5. The molecule has 0 aliphatic carbocycles. The van der Waals surface area contributed by atoms with Crippen molar-refractivity contribution < 1.29 is 12.8 Å². The quantitative estimate of drug-likeness (QED) is 0.624. The molecule has 130 valence electrons. The Morgan fingerprint density at radius 3 is 2.50 bits per heavy atom. The van der Waals surface area contributed by atoms with Gasteiger partial charge in [0.15, 0.2) is 5.82 Å². The minimum absolute atomic E-state index is 0.0556. The van der Waals surface area contributed by atoms with Gasteiger partial charge in [0, 0.05) is 0 Å². The maximum Gasteiger partial charge on any atom is 0.263 e. The van der Waals surface area contributed by atoms with Gasteiger partial charge in [0.05, 0.1) is 15.6 Å². The molecule has 0 spiro atoms. The van der Waals surface area contributed by atoms with E-state index in [1.165, 1.54) is 19.3 Å². The summed E-state index contributed by atoms with van der Waals surface area (Å²) >= 11 is 3.10. The first-order valence-corrected chi connectivity index (χ1v) is 10.1. The summed E-state index contributed by atoms with van der Waals surface area (Å²) in [4.78, 5) is 3.90. The van der Waals surface area contributed by atoms with Crippen LogP contribution in [0.3, 0.4) is 0 Å². The van der Waals surface area contributed by atoms with E-state index < -0.39 is 15.8 Å². The second kappa shape index (κ2) is 8.58. The van der Waals surface area contributed by atoms with Gasteiger partial charge in [-0.3, -0.25) is 4.72 Å². The highest BCUT2D eigenvalue weighted by Gasteiger charge is 2.16. The van der Waals surface area contributed by atoms with Crippen molar-refractivity contribution in [1.82, 2.24) is 4.98 Å². The monoisotopic (exact) mass is 414 g/mol. The number of hydrogen-bond donors (Lipinski definition) is 1. The van der Waals surface area contributed by atoms with Crippen LogP contribution in [0.5, 0.6) is 0 Å². The third-order valence-electron chi connectivity index (χ3n) is 3.59. The van der Waals surface area contributed by atoms with E-state index in [0.29, 0.717) is 0 Å². The molecule has 7 heteroatoms. The van der Waals surface area contributed by atoms with Gasteiger partial charge >= 0.3 is 0 Å². The van der Waals surface area contributed by atoms with Crippen molar-refractivity contribution in [2.24, 2.45) is 0 Å². The summed E-state index contributed by atoms with van der Waals surface area (Å²) in [6.07, 6.45) is 6.60. The van der Waals surface area contributed by atoms with Crippen LogP contribution in [-0.2, 0) is 16.4 Å². The molecule has 0 atom stereocenters. The summed E-state index contributed by atoms with van der Waals surface area (Å²) in [5.74, 6) is -0.489. The number of unbranched alkanes of at least 4 members (excludes halogenated alkanes) is 3. The summed E-state index contributed by atoms with van der Waals surface area (Å²) in [5.41, 5.74) is 1.12. The number of pyridine rings is 1. The molecular formula is C17H20BrFN2O2S. The number of halogens is 2. The molecule has 0 radical (unpaired) electrons. The zero-order valence-electron chi connectivity index (χ0n) is 13.4. The van der Waals surface area contributed by atoms with Crippen LogP contribution < -0.4 is 4.72 Å². The fourth-order valence-electron chi connectivity index (χ4n) is 2.27. The highest BCUT2D eigenvalue weighted by molar-refractivity contribution is 9.10. The molecule has 1 N–H and O–H groups in total. The highest BCUT2D eigenvalue weighted by atomic mass is 79.9. The Morgan fingerprint density at radius 2 is 1.88 bits per heavy atom. The Balaban J connectivity index is 2.06. The van der Waals surface area contributed by atoms with Gasteiger partial charge in [0.2, 0.25) is 0 Å². The predicted octanol–water partition coefficient (Wildman–Crippen LogP) is 4.91. The zero-order chi connectivity index (χ0) is 17.6. The summed E-state index contributed by atoms with van der Waals surface area (Å²) in [5, 5.41) is 0. The molecule has 2 aromatic rings. The minimum Gasteiger partial charge on any atom is -0.262 e. The number of benzene rings is 1. The lowest BCUT2D eigenvalue weighted by molar-refractivity contribution is 0.600. The molecule has 0 saturated heterocycles. The van der Waals surface area contributed by atoms with Crippen LogP contribution in [0.1, 0.15) is 38.2 Å². The Hall–Kier alpha value is -1.47. The fraction of sp³-hybridized carbons (Fsp3) is 0.353. The van der Waals surface area contributed by atoms with E-state index in [-0.39, 0.29) is 15.2 Å². The molecular weight excluding hydrogens is 395 g/mol. The first kappa shape index (κ1) is 18.9. The van der Waals surface area contributed by atoms with Crippen molar-refractivity contribution in [3.8, 4) is 0 Å². The molecule has 0 bridgehead atoms. The number of hydrogen-bond acceptors (Lipinski definition) is 3. The van der Waals surface area contributed by atoms with Gasteiger partial charge in [-0.25, -0.2) is 17.8 Å². The van der Waals surface area contributed by atoms with E-state index in [1.54, 1.807) is 12.1 Å². The Morgan fingerprint density at radius 1 is 1.17 bits per heavy atom. The van der Waals surface area contributed by atoms with Gasteiger partial charge < -0.3 is 0 Å². The summed E-state index contributed by atoms with van der Waals surface area (Å²) < 4.78 is 40.4. The van der Waals surface area contributed by atoms with E-state index in [9.17, 15) is 12.8 Å². The van der Waals surface area contributed by atoms with E-state index in [0.717, 1.165) is 30.7 Å². The average molecular weight is 415 g/mol. The third kappa shape index (κ3) is 5.27. The van der Waals surface area contributed by atoms with Gasteiger partial charge in [-0.2, -0.15) is 0 Å². The SMILES string of the molecule is CCCCCCc1ccc(S(=O)(=O)Nc2ncc(F)cc2Br)cc1. The second-order valence-electron chi connectivity index (χ2n) is 5.54. The van der Waals surface area contributed by atoms with Gasteiger partial charge in [-0.15, -0.1) is 0 Å². The molecule has 0 unspecified atom stereocenters. The molecule has 1 heterocycles. The standard InChI is InChI=1S/C17H20BrFN2O2S/c1-2-3-4-5-6-13-7-9-15(10-8-13)24(22,23)21-17-16(18)11-14(19)12-20-17/h7-12H,2-6H2,1H3,(H,20,21). The Labute approximate surface area is 150 Å². The van der Waals surface area contributed by atoms with Crippen LogP contribution in [0.25, 0.3) is 0 Å². The number of aryl methyl sites for hydroxylation is 1. The summed E-state index contributed by atoms with van der Waals surface area (Å²) in [7, 11) is -3.76. The molecule has 0 aliphatic rings. The molecule has 4 nitrogen and oxygen atoms in total. The number of nitrogens with zero attached hydrogens (tertiary/aromatic N) is 1. The number of rotatable bonds is 8. The van der Waals surface area contributed by atoms with Crippen LogP contribution in [0.4, 0.5) is 10.2 Å². The minimum atomic E-state index is -3.76. The smallest absolute Gasteiger partial charge is 0.262 e. The largest absolute Gasteiger partial charge is 0.263 e. The Bertz CT molecular complexity index is 780. The van der Waals surface area contributed by atoms with Crippen molar-refractivity contribution in [1.29, 1.82) is 0 Å². The number of sulfonamides is 1. The second-order valence-corrected chi connectivity index (χ2v) is 8.08. The molecule has 1 aromatic heterocycles. The van der Waals surface area contributed by atoms with Gasteiger partial charge in [-0.1, -0.05) is 38.3 Å². The lowest BCUT2D eigenvalue weighted by atomic mass is 10.1. The van der Waals surface area contributed by atoms with Crippen LogP contribution in [0.2, 0.25) is 0 Å².